The molecule has 2 fully saturated rings. The molecule has 0 radical (unpaired) electrons. The first-order chi connectivity index (χ1) is 14.8. The topological polar surface area (TPSA) is 63.0 Å². The second kappa shape index (κ2) is 7.21. The molecule has 0 bridgehead atoms. The Morgan fingerprint density at radius 2 is 1.48 bits per heavy atom. The van der Waals surface area contributed by atoms with Gasteiger partial charge in [-0.25, -0.2) is 19.6 Å². The number of rotatable bonds is 3. The van der Waals surface area contributed by atoms with E-state index < -0.39 is 11.7 Å². The number of halogens is 3. The summed E-state index contributed by atoms with van der Waals surface area (Å²) in [7, 11) is 0. The summed E-state index contributed by atoms with van der Waals surface area (Å²) in [4.78, 5) is 17.2. The zero-order chi connectivity index (χ0) is 21.8. The Hall–Kier alpha value is -3.17. The Morgan fingerprint density at radius 3 is 2.03 bits per heavy atom. The monoisotopic (exact) mass is 429 g/mol. The van der Waals surface area contributed by atoms with Crippen LogP contribution in [0.5, 0.6) is 0 Å². The molecule has 2 aliphatic rings. The molecule has 2 atom stereocenters. The molecular weight excluding hydrogens is 407 g/mol. The maximum absolute atomic E-state index is 12.8. The SMILES string of the molecule is Cc1cc(C)n(-c2cc(N3CC4CN(c5ccc(C(F)(F)F)cn5)CC4C3)ncn2)n1. The van der Waals surface area contributed by atoms with Crippen LogP contribution in [0.15, 0.2) is 36.8 Å². The molecule has 0 aromatic carbocycles. The fourth-order valence-corrected chi connectivity index (χ4v) is 4.59. The summed E-state index contributed by atoms with van der Waals surface area (Å²) in [6, 6.07) is 6.53. The minimum Gasteiger partial charge on any atom is -0.356 e. The number of hydrogen-bond acceptors (Lipinski definition) is 6. The summed E-state index contributed by atoms with van der Waals surface area (Å²) in [5.74, 6) is 3.03. The standard InChI is InChI=1S/C21H22F3N7/c1-13-5-14(2)31(28-13)20-6-19(26-12-27-20)30-10-15-8-29(9-16(15)11-30)18-4-3-17(7-25-18)21(22,23)24/h3-7,12,15-16H,8-11H2,1-2H3. The van der Waals surface area contributed by atoms with Crippen molar-refractivity contribution >= 4 is 11.6 Å². The van der Waals surface area contributed by atoms with E-state index in [0.717, 1.165) is 61.5 Å². The van der Waals surface area contributed by atoms with Crippen LogP contribution in [-0.4, -0.2) is 50.9 Å². The second-order valence-electron chi connectivity index (χ2n) is 8.31. The molecule has 0 N–H and O–H groups in total. The lowest BCUT2D eigenvalue weighted by molar-refractivity contribution is -0.137. The summed E-state index contributed by atoms with van der Waals surface area (Å²) in [5, 5.41) is 4.49. The van der Waals surface area contributed by atoms with Gasteiger partial charge in [-0.2, -0.15) is 18.3 Å². The molecule has 10 heteroatoms. The van der Waals surface area contributed by atoms with Crippen LogP contribution in [0.1, 0.15) is 17.0 Å². The van der Waals surface area contributed by atoms with Crippen molar-refractivity contribution in [3.63, 3.8) is 0 Å². The number of pyridine rings is 1. The molecule has 162 valence electrons. The van der Waals surface area contributed by atoms with Gasteiger partial charge in [0.25, 0.3) is 0 Å². The van der Waals surface area contributed by atoms with Gasteiger partial charge in [0.05, 0.1) is 11.3 Å². The average molecular weight is 429 g/mol. The van der Waals surface area contributed by atoms with E-state index in [2.05, 4.69) is 29.9 Å². The van der Waals surface area contributed by atoms with Gasteiger partial charge < -0.3 is 9.80 Å². The first kappa shape index (κ1) is 19.8. The maximum Gasteiger partial charge on any atom is 0.417 e. The number of hydrogen-bond donors (Lipinski definition) is 0. The maximum atomic E-state index is 12.8. The highest BCUT2D eigenvalue weighted by Gasteiger charge is 2.41. The van der Waals surface area contributed by atoms with Crippen molar-refractivity contribution in [2.24, 2.45) is 11.8 Å². The van der Waals surface area contributed by atoms with Gasteiger partial charge in [0.2, 0.25) is 0 Å². The lowest BCUT2D eigenvalue weighted by Gasteiger charge is -2.23. The fourth-order valence-electron chi connectivity index (χ4n) is 4.59. The predicted molar refractivity (Wildman–Crippen MR) is 109 cm³/mol. The van der Waals surface area contributed by atoms with Crippen LogP contribution in [0, 0.1) is 25.7 Å². The van der Waals surface area contributed by atoms with Gasteiger partial charge >= 0.3 is 6.18 Å². The Kier molecular flexibility index (Phi) is 4.60. The predicted octanol–water partition coefficient (Wildman–Crippen LogP) is 3.27. The number of nitrogens with zero attached hydrogens (tertiary/aromatic N) is 7. The molecule has 2 aliphatic heterocycles. The van der Waals surface area contributed by atoms with Crippen LogP contribution in [0.2, 0.25) is 0 Å². The zero-order valence-electron chi connectivity index (χ0n) is 17.2. The Labute approximate surface area is 177 Å². The zero-order valence-corrected chi connectivity index (χ0v) is 17.2. The van der Waals surface area contributed by atoms with Crippen molar-refractivity contribution in [2.45, 2.75) is 20.0 Å². The smallest absolute Gasteiger partial charge is 0.356 e. The quantitative estimate of drug-likeness (QED) is 0.637. The van der Waals surface area contributed by atoms with E-state index in [-0.39, 0.29) is 0 Å². The molecule has 3 aromatic rings. The number of anilines is 2. The molecule has 31 heavy (non-hydrogen) atoms. The van der Waals surface area contributed by atoms with Crippen LogP contribution in [0.4, 0.5) is 24.8 Å². The van der Waals surface area contributed by atoms with Gasteiger partial charge in [-0.15, -0.1) is 0 Å². The minimum absolute atomic E-state index is 0.413. The highest BCUT2D eigenvalue weighted by atomic mass is 19.4. The summed E-state index contributed by atoms with van der Waals surface area (Å²) in [6.07, 6.45) is -1.89. The molecule has 2 saturated heterocycles. The highest BCUT2D eigenvalue weighted by molar-refractivity contribution is 5.47. The number of fused-ring (bicyclic) bond motifs is 1. The van der Waals surface area contributed by atoms with Gasteiger partial charge in [-0.1, -0.05) is 0 Å². The first-order valence-electron chi connectivity index (χ1n) is 10.2. The Balaban J connectivity index is 1.27. The molecule has 3 aromatic heterocycles. The van der Waals surface area contributed by atoms with Crippen LogP contribution >= 0.6 is 0 Å². The van der Waals surface area contributed by atoms with E-state index in [1.54, 1.807) is 6.33 Å². The second-order valence-corrected chi connectivity index (χ2v) is 8.31. The summed E-state index contributed by atoms with van der Waals surface area (Å²) in [6.45, 7) is 7.17. The number of aromatic nitrogens is 5. The molecule has 0 saturated carbocycles. The first-order valence-corrected chi connectivity index (χ1v) is 10.2. The van der Waals surface area contributed by atoms with Crippen molar-refractivity contribution < 1.29 is 13.2 Å². The number of alkyl halides is 3. The van der Waals surface area contributed by atoms with E-state index in [9.17, 15) is 13.2 Å². The van der Waals surface area contributed by atoms with E-state index in [1.807, 2.05) is 30.7 Å². The minimum atomic E-state index is -4.36. The normalized spacial score (nSPS) is 21.1. The lowest BCUT2D eigenvalue weighted by Crippen LogP contribution is -2.29. The largest absolute Gasteiger partial charge is 0.417 e. The molecule has 5 heterocycles. The summed E-state index contributed by atoms with van der Waals surface area (Å²) >= 11 is 0. The summed E-state index contributed by atoms with van der Waals surface area (Å²) < 4.78 is 40.1. The van der Waals surface area contributed by atoms with Crippen molar-refractivity contribution in [3.05, 3.63) is 53.7 Å². The van der Waals surface area contributed by atoms with E-state index in [1.165, 1.54) is 6.07 Å². The van der Waals surface area contributed by atoms with E-state index in [4.69, 9.17) is 0 Å². The molecule has 0 spiro atoms. The third-order valence-corrected chi connectivity index (χ3v) is 6.07. The Morgan fingerprint density at radius 1 is 0.839 bits per heavy atom. The van der Waals surface area contributed by atoms with Gasteiger partial charge in [-0.3, -0.25) is 0 Å². The van der Waals surface area contributed by atoms with Crippen LogP contribution in [0.3, 0.4) is 0 Å². The molecule has 5 rings (SSSR count). The van der Waals surface area contributed by atoms with Gasteiger partial charge in [0.15, 0.2) is 5.82 Å². The van der Waals surface area contributed by atoms with Crippen LogP contribution in [-0.2, 0) is 6.18 Å². The number of aryl methyl sites for hydroxylation is 2. The van der Waals surface area contributed by atoms with Crippen molar-refractivity contribution in [2.75, 3.05) is 36.0 Å². The third kappa shape index (κ3) is 3.70. The highest BCUT2D eigenvalue weighted by Crippen LogP contribution is 2.36. The van der Waals surface area contributed by atoms with Crippen LogP contribution in [0.25, 0.3) is 5.82 Å². The molecule has 7 nitrogen and oxygen atoms in total. The third-order valence-electron chi connectivity index (χ3n) is 6.07. The Bertz CT molecular complexity index is 1080. The van der Waals surface area contributed by atoms with Gasteiger partial charge in [0.1, 0.15) is 18.0 Å². The average Bonchev–Trinajstić information content (AvgIpc) is 3.40. The van der Waals surface area contributed by atoms with Crippen LogP contribution < -0.4 is 9.80 Å². The molecule has 2 unspecified atom stereocenters. The van der Waals surface area contributed by atoms with Crippen molar-refractivity contribution in [1.82, 2.24) is 24.7 Å². The van der Waals surface area contributed by atoms with Gasteiger partial charge in [-0.05, 0) is 32.0 Å². The van der Waals surface area contributed by atoms with Gasteiger partial charge in [0, 0.05) is 56.0 Å². The molecule has 0 amide bonds. The molecular formula is C21H22F3N7. The van der Waals surface area contributed by atoms with E-state index >= 15 is 0 Å². The summed E-state index contributed by atoms with van der Waals surface area (Å²) in [5.41, 5.74) is 1.23. The van der Waals surface area contributed by atoms with Crippen molar-refractivity contribution in [1.29, 1.82) is 0 Å². The van der Waals surface area contributed by atoms with Crippen molar-refractivity contribution in [3.8, 4) is 5.82 Å². The molecule has 0 aliphatic carbocycles. The fraction of sp³-hybridized carbons (Fsp3) is 0.429. The van der Waals surface area contributed by atoms with E-state index in [0.29, 0.717) is 17.7 Å². The lowest BCUT2D eigenvalue weighted by atomic mass is 10.0.